The van der Waals surface area contributed by atoms with Crippen LogP contribution in [0.1, 0.15) is 56.1 Å². The Bertz CT molecular complexity index is 1090. The number of esters is 1. The minimum absolute atomic E-state index is 0.119. The van der Waals surface area contributed by atoms with Crippen molar-refractivity contribution in [3.63, 3.8) is 0 Å². The zero-order valence-electron chi connectivity index (χ0n) is 21.3. The maximum absolute atomic E-state index is 12.4. The van der Waals surface area contributed by atoms with Gasteiger partial charge in [0, 0.05) is 12.1 Å². The number of hydrogen-bond acceptors (Lipinski definition) is 7. The van der Waals surface area contributed by atoms with Crippen LogP contribution in [0, 0.1) is 0 Å². The lowest BCUT2D eigenvalue weighted by atomic mass is 9.77. The van der Waals surface area contributed by atoms with Gasteiger partial charge in [0.15, 0.2) is 0 Å². The molecule has 0 bridgehead atoms. The van der Waals surface area contributed by atoms with Gasteiger partial charge in [0.1, 0.15) is 6.61 Å². The second kappa shape index (κ2) is 11.5. The molecule has 2 aromatic carbocycles. The molecule has 0 atom stereocenters. The molecule has 1 N–H and O–H groups in total. The van der Waals surface area contributed by atoms with E-state index in [9.17, 15) is 14.4 Å². The van der Waals surface area contributed by atoms with Crippen LogP contribution in [0.4, 0.5) is 4.79 Å². The fraction of sp³-hybridized carbons (Fsp3) is 0.370. The summed E-state index contributed by atoms with van der Waals surface area (Å²) in [4.78, 5) is 36.3. The molecule has 0 aliphatic carbocycles. The van der Waals surface area contributed by atoms with E-state index < -0.39 is 36.2 Å². The van der Waals surface area contributed by atoms with E-state index >= 15 is 0 Å². The highest BCUT2D eigenvalue weighted by Crippen LogP contribution is 2.38. The van der Waals surface area contributed by atoms with Gasteiger partial charge in [-0.05, 0) is 51.2 Å². The predicted molar refractivity (Wildman–Crippen MR) is 136 cm³/mol. The molecule has 0 radical (unpaired) electrons. The molecular weight excluding hydrogens is 461 g/mol. The normalized spacial score (nSPS) is 16.4. The number of Topliss-reactive ketones (excluding diaryl/α,β-unsaturated/α-hetero) is 1. The summed E-state index contributed by atoms with van der Waals surface area (Å²) in [6, 6.07) is 15.9. The second-order valence-corrected chi connectivity index (χ2v) is 9.39. The number of carbonyl (C=O) groups is 3. The minimum Gasteiger partial charge on any atom is -0.460 e. The van der Waals surface area contributed by atoms with E-state index in [4.69, 9.17) is 18.8 Å². The molecule has 2 aromatic rings. The Morgan fingerprint density at radius 2 is 1.53 bits per heavy atom. The van der Waals surface area contributed by atoms with E-state index in [1.807, 2.05) is 64.1 Å². The molecular formula is C27H32BNO7. The molecule has 36 heavy (non-hydrogen) atoms. The van der Waals surface area contributed by atoms with Gasteiger partial charge in [0.25, 0.3) is 5.78 Å². The third kappa shape index (κ3) is 6.83. The summed E-state index contributed by atoms with van der Waals surface area (Å²) in [6.45, 7) is 9.82. The predicted octanol–water partition coefficient (Wildman–Crippen LogP) is 4.37. The number of ether oxygens (including phenoxy) is 2. The van der Waals surface area contributed by atoms with Crippen molar-refractivity contribution < 1.29 is 33.2 Å². The Hall–Kier alpha value is -3.43. The van der Waals surface area contributed by atoms with Crippen molar-refractivity contribution in [1.82, 2.24) is 5.32 Å². The second-order valence-electron chi connectivity index (χ2n) is 9.39. The average Bonchev–Trinajstić information content (AvgIpc) is 3.07. The van der Waals surface area contributed by atoms with E-state index in [1.54, 1.807) is 31.2 Å². The Labute approximate surface area is 212 Å². The van der Waals surface area contributed by atoms with Crippen molar-refractivity contribution in [2.45, 2.75) is 52.4 Å². The first-order valence-electron chi connectivity index (χ1n) is 11.8. The zero-order chi connectivity index (χ0) is 26.3. The summed E-state index contributed by atoms with van der Waals surface area (Å²) >= 11 is 0. The highest BCUT2D eigenvalue weighted by Gasteiger charge is 2.52. The molecule has 0 aromatic heterocycles. The Balaban J connectivity index is 1.75. The van der Waals surface area contributed by atoms with Crippen LogP contribution < -0.4 is 5.32 Å². The molecule has 0 unspecified atom stereocenters. The molecule has 1 aliphatic heterocycles. The molecule has 1 aliphatic rings. The minimum atomic E-state index is -0.892. The van der Waals surface area contributed by atoms with Gasteiger partial charge in [-0.1, -0.05) is 60.7 Å². The van der Waals surface area contributed by atoms with Crippen molar-refractivity contribution in [1.29, 1.82) is 0 Å². The molecule has 0 spiro atoms. The Kier molecular flexibility index (Phi) is 8.71. The van der Waals surface area contributed by atoms with Crippen molar-refractivity contribution in [2.24, 2.45) is 0 Å². The quantitative estimate of drug-likeness (QED) is 0.240. The van der Waals surface area contributed by atoms with E-state index in [-0.39, 0.29) is 25.3 Å². The number of alkyl carbamates (subject to hydrolysis) is 1. The molecule has 3 rings (SSSR count). The molecule has 8 nitrogen and oxygen atoms in total. The first-order valence-corrected chi connectivity index (χ1v) is 11.8. The van der Waals surface area contributed by atoms with Crippen LogP contribution in [-0.2, 0) is 30.2 Å². The largest absolute Gasteiger partial charge is 0.492 e. The topological polar surface area (TPSA) is 100 Å². The summed E-state index contributed by atoms with van der Waals surface area (Å²) in [7, 11) is -0.703. The van der Waals surface area contributed by atoms with Gasteiger partial charge in [-0.15, -0.1) is 0 Å². The number of ketones is 1. The van der Waals surface area contributed by atoms with Gasteiger partial charge in [-0.2, -0.15) is 0 Å². The standard InChI is InChI=1S/C27H32BNO7/c1-6-33-24(31)23(30)21-14-12-19(13-15-21)16-22(28-35-26(2,3)27(4,5)36-28)17-29-25(32)34-18-20-10-8-7-9-11-20/h7-16H,6,17-18H2,1-5H3,(H,29,32). The van der Waals surface area contributed by atoms with Gasteiger partial charge < -0.3 is 24.1 Å². The van der Waals surface area contributed by atoms with Crippen molar-refractivity contribution in [3.8, 4) is 0 Å². The maximum Gasteiger partial charge on any atom is 0.492 e. The zero-order valence-corrected chi connectivity index (χ0v) is 21.3. The molecule has 1 amide bonds. The molecule has 1 saturated heterocycles. The highest BCUT2D eigenvalue weighted by atomic mass is 16.7. The number of nitrogens with one attached hydrogen (secondary N) is 1. The summed E-state index contributed by atoms with van der Waals surface area (Å²) in [5.41, 5.74) is 1.37. The molecule has 9 heteroatoms. The lowest BCUT2D eigenvalue weighted by Gasteiger charge is -2.32. The highest BCUT2D eigenvalue weighted by molar-refractivity contribution is 6.56. The van der Waals surface area contributed by atoms with Crippen molar-refractivity contribution in [3.05, 3.63) is 76.8 Å². The summed E-state index contributed by atoms with van der Waals surface area (Å²) in [5, 5.41) is 2.76. The SMILES string of the molecule is CCOC(=O)C(=O)c1ccc(C=C(CNC(=O)OCc2ccccc2)B2OC(C)(C)C(C)(C)O2)cc1. The van der Waals surface area contributed by atoms with E-state index in [2.05, 4.69) is 5.32 Å². The van der Waals surface area contributed by atoms with Crippen LogP contribution in [0.3, 0.4) is 0 Å². The Morgan fingerprint density at radius 3 is 2.11 bits per heavy atom. The van der Waals surface area contributed by atoms with Crippen molar-refractivity contribution in [2.75, 3.05) is 13.2 Å². The van der Waals surface area contributed by atoms with E-state index in [0.717, 1.165) is 11.1 Å². The molecule has 1 fully saturated rings. The number of carbonyl (C=O) groups excluding carboxylic acids is 3. The lowest BCUT2D eigenvalue weighted by molar-refractivity contribution is -0.137. The number of amides is 1. The Morgan fingerprint density at radius 1 is 0.917 bits per heavy atom. The van der Waals surface area contributed by atoms with Crippen LogP contribution in [0.15, 0.2) is 60.1 Å². The summed E-state index contributed by atoms with van der Waals surface area (Å²) in [5.74, 6) is -1.60. The number of rotatable bonds is 9. The molecule has 1 heterocycles. The van der Waals surface area contributed by atoms with Gasteiger partial charge in [-0.3, -0.25) is 4.79 Å². The average molecular weight is 493 g/mol. The lowest BCUT2D eigenvalue weighted by Crippen LogP contribution is -2.41. The van der Waals surface area contributed by atoms with E-state index in [1.165, 1.54) is 0 Å². The van der Waals surface area contributed by atoms with Gasteiger partial charge in [0.2, 0.25) is 0 Å². The third-order valence-corrected chi connectivity index (χ3v) is 6.19. The van der Waals surface area contributed by atoms with Crippen LogP contribution in [-0.4, -0.2) is 49.3 Å². The molecule has 190 valence electrons. The number of hydrogen-bond donors (Lipinski definition) is 1. The van der Waals surface area contributed by atoms with Gasteiger partial charge in [-0.25, -0.2) is 9.59 Å². The monoisotopic (exact) mass is 493 g/mol. The van der Waals surface area contributed by atoms with Crippen LogP contribution in [0.2, 0.25) is 0 Å². The van der Waals surface area contributed by atoms with Crippen LogP contribution in [0.5, 0.6) is 0 Å². The van der Waals surface area contributed by atoms with Crippen molar-refractivity contribution >= 4 is 31.0 Å². The fourth-order valence-electron chi connectivity index (χ4n) is 3.40. The maximum atomic E-state index is 12.4. The summed E-state index contributed by atoms with van der Waals surface area (Å²) < 4.78 is 22.5. The van der Waals surface area contributed by atoms with E-state index in [0.29, 0.717) is 5.47 Å². The molecule has 0 saturated carbocycles. The third-order valence-electron chi connectivity index (χ3n) is 6.19. The van der Waals surface area contributed by atoms with Crippen LogP contribution >= 0.6 is 0 Å². The van der Waals surface area contributed by atoms with Crippen LogP contribution in [0.25, 0.3) is 6.08 Å². The summed E-state index contributed by atoms with van der Waals surface area (Å²) in [6.07, 6.45) is 1.25. The number of benzene rings is 2. The van der Waals surface area contributed by atoms with Gasteiger partial charge >= 0.3 is 19.2 Å². The smallest absolute Gasteiger partial charge is 0.460 e. The fourth-order valence-corrected chi connectivity index (χ4v) is 3.40. The first-order chi connectivity index (χ1) is 17.0. The van der Waals surface area contributed by atoms with Gasteiger partial charge in [0.05, 0.1) is 17.8 Å². The first kappa shape index (κ1) is 27.2.